The lowest BCUT2D eigenvalue weighted by atomic mass is 10.3. The zero-order valence-electron chi connectivity index (χ0n) is 15.6. The highest BCUT2D eigenvalue weighted by Crippen LogP contribution is 2.10. The number of methoxy groups -OCH3 is 1. The van der Waals surface area contributed by atoms with Gasteiger partial charge in [-0.1, -0.05) is 12.1 Å². The van der Waals surface area contributed by atoms with Gasteiger partial charge < -0.3 is 25.1 Å². The van der Waals surface area contributed by atoms with E-state index in [9.17, 15) is 0 Å². The molecule has 1 aromatic heterocycles. The van der Waals surface area contributed by atoms with Crippen molar-refractivity contribution >= 4 is 41.0 Å². The Morgan fingerprint density at radius 2 is 1.88 bits per heavy atom. The number of para-hydroxylation sites is 2. The van der Waals surface area contributed by atoms with Crippen LogP contribution in [0.2, 0.25) is 0 Å². The summed E-state index contributed by atoms with van der Waals surface area (Å²) in [6.45, 7) is 3.68. The van der Waals surface area contributed by atoms with Crippen LogP contribution in [0.15, 0.2) is 29.3 Å². The first kappa shape index (κ1) is 22.7. The van der Waals surface area contributed by atoms with E-state index in [0.29, 0.717) is 13.2 Å². The fourth-order valence-corrected chi connectivity index (χ4v) is 2.43. The fraction of sp³-hybridized carbons (Fsp3) is 0.556. The number of imidazole rings is 1. The van der Waals surface area contributed by atoms with E-state index in [0.717, 1.165) is 61.8 Å². The standard InChI is InChI=1S/C18H29N5O2.HI/c1-19-18(21-11-6-12-25-14-13-24-2)20-10-5-9-17-22-15-7-3-4-8-16(15)23-17;/h3-4,7-8H,5-6,9-14H2,1-2H3,(H,22,23)(H2,19,20,21);1H. The number of hydrogen-bond acceptors (Lipinski definition) is 4. The van der Waals surface area contributed by atoms with Gasteiger partial charge in [0.25, 0.3) is 0 Å². The minimum absolute atomic E-state index is 0. The number of aliphatic imine (C=N–C) groups is 1. The number of aromatic nitrogens is 2. The second-order valence-electron chi connectivity index (χ2n) is 5.69. The number of nitrogens with zero attached hydrogens (tertiary/aromatic N) is 2. The van der Waals surface area contributed by atoms with Gasteiger partial charge in [-0.25, -0.2) is 4.98 Å². The molecule has 1 heterocycles. The third-order valence-electron chi connectivity index (χ3n) is 3.73. The lowest BCUT2D eigenvalue weighted by molar-refractivity contribution is 0.0698. The van der Waals surface area contributed by atoms with Crippen molar-refractivity contribution in [1.29, 1.82) is 0 Å². The number of aryl methyl sites for hydroxylation is 1. The monoisotopic (exact) mass is 475 g/mol. The number of nitrogens with one attached hydrogen (secondary N) is 3. The lowest BCUT2D eigenvalue weighted by Crippen LogP contribution is -2.38. The van der Waals surface area contributed by atoms with Crippen LogP contribution in [-0.2, 0) is 15.9 Å². The van der Waals surface area contributed by atoms with Gasteiger partial charge in [0.2, 0.25) is 0 Å². The molecule has 3 N–H and O–H groups in total. The van der Waals surface area contributed by atoms with Crippen molar-refractivity contribution in [3.05, 3.63) is 30.1 Å². The average molecular weight is 475 g/mol. The SMILES string of the molecule is CN=C(NCCCOCCOC)NCCCc1nc2ccccc2[nH]1.I. The molecule has 0 spiro atoms. The van der Waals surface area contributed by atoms with Gasteiger partial charge >= 0.3 is 0 Å². The molecular weight excluding hydrogens is 445 g/mol. The van der Waals surface area contributed by atoms with Crippen LogP contribution in [0, 0.1) is 0 Å². The Morgan fingerprint density at radius 3 is 2.62 bits per heavy atom. The maximum atomic E-state index is 5.43. The number of halogens is 1. The molecule has 2 rings (SSSR count). The van der Waals surface area contributed by atoms with Crippen molar-refractivity contribution in [1.82, 2.24) is 20.6 Å². The normalized spacial score (nSPS) is 11.4. The molecule has 0 aliphatic rings. The highest BCUT2D eigenvalue weighted by atomic mass is 127. The van der Waals surface area contributed by atoms with Crippen LogP contribution in [-0.4, -0.2) is 63.0 Å². The highest BCUT2D eigenvalue weighted by molar-refractivity contribution is 14.0. The number of H-pyrrole nitrogens is 1. The lowest BCUT2D eigenvalue weighted by Gasteiger charge is -2.11. The minimum Gasteiger partial charge on any atom is -0.382 e. The first-order valence-corrected chi connectivity index (χ1v) is 8.78. The van der Waals surface area contributed by atoms with Crippen LogP contribution in [0.1, 0.15) is 18.7 Å². The maximum absolute atomic E-state index is 5.43. The first-order valence-electron chi connectivity index (χ1n) is 8.78. The Labute approximate surface area is 172 Å². The van der Waals surface area contributed by atoms with Gasteiger partial charge in [0.1, 0.15) is 5.82 Å². The molecule has 0 saturated heterocycles. The van der Waals surface area contributed by atoms with Gasteiger partial charge in [-0.2, -0.15) is 0 Å². The Bertz CT molecular complexity index is 614. The first-order chi connectivity index (χ1) is 12.3. The number of aromatic amines is 1. The Kier molecular flexibility index (Phi) is 12.0. The minimum atomic E-state index is 0. The summed E-state index contributed by atoms with van der Waals surface area (Å²) in [4.78, 5) is 12.2. The van der Waals surface area contributed by atoms with Crippen LogP contribution >= 0.6 is 24.0 Å². The molecule has 0 fully saturated rings. The van der Waals surface area contributed by atoms with Gasteiger partial charge in [0, 0.05) is 40.3 Å². The van der Waals surface area contributed by atoms with E-state index < -0.39 is 0 Å². The van der Waals surface area contributed by atoms with Crippen LogP contribution in [0.4, 0.5) is 0 Å². The van der Waals surface area contributed by atoms with E-state index >= 15 is 0 Å². The predicted molar refractivity (Wildman–Crippen MR) is 117 cm³/mol. The molecule has 26 heavy (non-hydrogen) atoms. The molecule has 0 aliphatic carbocycles. The molecule has 0 saturated carbocycles. The molecule has 2 aromatic rings. The zero-order valence-corrected chi connectivity index (χ0v) is 17.9. The van der Waals surface area contributed by atoms with Gasteiger partial charge in [-0.05, 0) is 25.0 Å². The molecule has 0 aliphatic heterocycles. The van der Waals surface area contributed by atoms with E-state index in [1.54, 1.807) is 14.2 Å². The molecule has 7 nitrogen and oxygen atoms in total. The van der Waals surface area contributed by atoms with E-state index in [1.807, 2.05) is 18.2 Å². The molecule has 1 aromatic carbocycles. The van der Waals surface area contributed by atoms with Crippen molar-refractivity contribution in [2.75, 3.05) is 47.1 Å². The summed E-state index contributed by atoms with van der Waals surface area (Å²) < 4.78 is 10.4. The number of rotatable bonds is 11. The van der Waals surface area contributed by atoms with Crippen LogP contribution < -0.4 is 10.6 Å². The molecule has 146 valence electrons. The van der Waals surface area contributed by atoms with E-state index in [4.69, 9.17) is 9.47 Å². The second kappa shape index (κ2) is 13.8. The molecule has 0 unspecified atom stereocenters. The molecular formula is C18H30IN5O2. The predicted octanol–water partition coefficient (Wildman–Crippen LogP) is 2.33. The summed E-state index contributed by atoms with van der Waals surface area (Å²) in [5.74, 6) is 1.85. The van der Waals surface area contributed by atoms with Gasteiger partial charge in [0.15, 0.2) is 5.96 Å². The quantitative estimate of drug-likeness (QED) is 0.201. The molecule has 0 atom stereocenters. The molecule has 8 heteroatoms. The summed E-state index contributed by atoms with van der Waals surface area (Å²) >= 11 is 0. The third kappa shape index (κ3) is 8.33. The van der Waals surface area contributed by atoms with E-state index in [1.165, 1.54) is 0 Å². The summed E-state index contributed by atoms with van der Waals surface area (Å²) in [6, 6.07) is 8.10. The number of fused-ring (bicyclic) bond motifs is 1. The number of hydrogen-bond donors (Lipinski definition) is 3. The van der Waals surface area contributed by atoms with Gasteiger partial charge in [-0.15, -0.1) is 24.0 Å². The Morgan fingerprint density at radius 1 is 1.12 bits per heavy atom. The maximum Gasteiger partial charge on any atom is 0.190 e. The Hall–Kier alpha value is -1.39. The van der Waals surface area contributed by atoms with Crippen LogP contribution in [0.25, 0.3) is 11.0 Å². The number of ether oxygens (including phenoxy) is 2. The van der Waals surface area contributed by atoms with Crippen LogP contribution in [0.3, 0.4) is 0 Å². The van der Waals surface area contributed by atoms with Crippen molar-refractivity contribution in [3.63, 3.8) is 0 Å². The molecule has 0 amide bonds. The van der Waals surface area contributed by atoms with Crippen molar-refractivity contribution in [2.24, 2.45) is 4.99 Å². The molecule has 0 radical (unpaired) electrons. The summed E-state index contributed by atoms with van der Waals surface area (Å²) in [5.41, 5.74) is 2.12. The highest BCUT2D eigenvalue weighted by Gasteiger charge is 2.02. The zero-order chi connectivity index (χ0) is 17.7. The van der Waals surface area contributed by atoms with Crippen LogP contribution in [0.5, 0.6) is 0 Å². The van der Waals surface area contributed by atoms with E-state index in [2.05, 4.69) is 31.7 Å². The third-order valence-corrected chi connectivity index (χ3v) is 3.73. The molecule has 0 bridgehead atoms. The number of benzene rings is 1. The second-order valence-corrected chi connectivity index (χ2v) is 5.69. The fourth-order valence-electron chi connectivity index (χ4n) is 2.43. The van der Waals surface area contributed by atoms with Crippen molar-refractivity contribution in [3.8, 4) is 0 Å². The smallest absolute Gasteiger partial charge is 0.190 e. The topological polar surface area (TPSA) is 83.6 Å². The summed E-state index contributed by atoms with van der Waals surface area (Å²) in [7, 11) is 3.46. The van der Waals surface area contributed by atoms with Crippen molar-refractivity contribution in [2.45, 2.75) is 19.3 Å². The Balaban J connectivity index is 0.00000338. The summed E-state index contributed by atoms with van der Waals surface area (Å²) in [6.07, 6.45) is 2.83. The van der Waals surface area contributed by atoms with Gasteiger partial charge in [0.05, 0.1) is 24.2 Å². The van der Waals surface area contributed by atoms with Gasteiger partial charge in [-0.3, -0.25) is 4.99 Å². The van der Waals surface area contributed by atoms with E-state index in [-0.39, 0.29) is 24.0 Å². The summed E-state index contributed by atoms with van der Waals surface area (Å²) in [5, 5.41) is 6.61. The largest absolute Gasteiger partial charge is 0.382 e. The average Bonchev–Trinajstić information content (AvgIpc) is 3.05. The number of guanidine groups is 1. The van der Waals surface area contributed by atoms with Crippen molar-refractivity contribution < 1.29 is 9.47 Å².